The van der Waals surface area contributed by atoms with Crippen LogP contribution < -0.4 is 5.56 Å². The van der Waals surface area contributed by atoms with Crippen LogP contribution in [0.15, 0.2) is 35.3 Å². The number of carbonyl (C=O) groups excluding carboxylic acids is 1. The second kappa shape index (κ2) is 5.32. The van der Waals surface area contributed by atoms with Gasteiger partial charge in [-0.25, -0.2) is 13.2 Å². The van der Waals surface area contributed by atoms with Gasteiger partial charge in [0, 0.05) is 17.3 Å². The molecule has 0 bridgehead atoms. The van der Waals surface area contributed by atoms with Crippen LogP contribution in [-0.2, 0) is 6.54 Å². The van der Waals surface area contributed by atoms with Crippen molar-refractivity contribution >= 4 is 5.78 Å². The summed E-state index contributed by atoms with van der Waals surface area (Å²) >= 11 is 0. The Balaban J connectivity index is 2.34. The maximum atomic E-state index is 13.0. The van der Waals surface area contributed by atoms with Crippen LogP contribution in [0.5, 0.6) is 0 Å². The molecule has 0 fully saturated rings. The third-order valence-electron chi connectivity index (χ3n) is 2.83. The van der Waals surface area contributed by atoms with E-state index in [1.807, 2.05) is 0 Å². The van der Waals surface area contributed by atoms with Gasteiger partial charge in [0.05, 0.1) is 6.54 Å². The van der Waals surface area contributed by atoms with Crippen molar-refractivity contribution in [2.75, 3.05) is 0 Å². The molecule has 0 unspecified atom stereocenters. The Morgan fingerprint density at radius 3 is 2.40 bits per heavy atom. The number of aromatic nitrogens is 1. The highest BCUT2D eigenvalue weighted by molar-refractivity contribution is 5.95. The molecule has 0 amide bonds. The fraction of sp³-hybridized carbons (Fsp3) is 0.143. The van der Waals surface area contributed by atoms with E-state index in [4.69, 9.17) is 0 Å². The molecule has 6 heteroatoms. The van der Waals surface area contributed by atoms with Gasteiger partial charge in [-0.1, -0.05) is 6.07 Å². The minimum atomic E-state index is -1.63. The molecule has 0 aliphatic rings. The van der Waals surface area contributed by atoms with Gasteiger partial charge in [-0.15, -0.1) is 0 Å². The highest BCUT2D eigenvalue weighted by Gasteiger charge is 2.15. The molecule has 20 heavy (non-hydrogen) atoms. The van der Waals surface area contributed by atoms with Crippen molar-refractivity contribution in [2.24, 2.45) is 0 Å². The van der Waals surface area contributed by atoms with Crippen molar-refractivity contribution in [2.45, 2.75) is 13.5 Å². The molecule has 3 nitrogen and oxygen atoms in total. The molecule has 0 saturated carbocycles. The Morgan fingerprint density at radius 2 is 1.80 bits per heavy atom. The normalized spacial score (nSPS) is 10.6. The zero-order valence-corrected chi connectivity index (χ0v) is 10.5. The van der Waals surface area contributed by atoms with Crippen LogP contribution in [-0.4, -0.2) is 10.4 Å². The molecule has 1 aromatic carbocycles. The van der Waals surface area contributed by atoms with Crippen LogP contribution in [0, 0.1) is 24.4 Å². The van der Waals surface area contributed by atoms with Crippen LogP contribution in [0.1, 0.15) is 15.9 Å². The maximum Gasteiger partial charge on any atom is 0.253 e. The Labute approximate surface area is 112 Å². The molecule has 2 rings (SSSR count). The number of rotatable bonds is 3. The van der Waals surface area contributed by atoms with Gasteiger partial charge in [0.2, 0.25) is 0 Å². The number of pyridine rings is 1. The summed E-state index contributed by atoms with van der Waals surface area (Å²) in [4.78, 5) is 23.6. The van der Waals surface area contributed by atoms with Gasteiger partial charge in [0.25, 0.3) is 5.56 Å². The third kappa shape index (κ3) is 2.64. The van der Waals surface area contributed by atoms with Gasteiger partial charge in [-0.3, -0.25) is 9.59 Å². The lowest BCUT2D eigenvalue weighted by Crippen LogP contribution is -2.25. The van der Waals surface area contributed by atoms with E-state index in [9.17, 15) is 22.8 Å². The van der Waals surface area contributed by atoms with E-state index < -0.39 is 23.2 Å². The van der Waals surface area contributed by atoms with E-state index >= 15 is 0 Å². The SMILES string of the molecule is Cc1cccn(CC(=O)c2cc(F)c(F)c(F)c2)c1=O. The fourth-order valence-electron chi connectivity index (χ4n) is 1.74. The number of carbonyl (C=O) groups is 1. The van der Waals surface area contributed by atoms with E-state index in [0.717, 1.165) is 4.57 Å². The number of ketones is 1. The molecule has 0 aliphatic carbocycles. The van der Waals surface area contributed by atoms with Crippen molar-refractivity contribution in [1.29, 1.82) is 0 Å². The lowest BCUT2D eigenvalue weighted by atomic mass is 10.1. The first kappa shape index (κ1) is 14.0. The van der Waals surface area contributed by atoms with Gasteiger partial charge in [0.15, 0.2) is 23.2 Å². The lowest BCUT2D eigenvalue weighted by molar-refractivity contribution is 0.0969. The first-order valence-electron chi connectivity index (χ1n) is 5.74. The number of halogens is 3. The van der Waals surface area contributed by atoms with Crippen LogP contribution in [0.25, 0.3) is 0 Å². The molecule has 0 N–H and O–H groups in total. The topological polar surface area (TPSA) is 39.1 Å². The summed E-state index contributed by atoms with van der Waals surface area (Å²) < 4.78 is 40.0. The van der Waals surface area contributed by atoms with Gasteiger partial charge < -0.3 is 4.57 Å². The predicted octanol–water partition coefficient (Wildman–Crippen LogP) is 2.46. The van der Waals surface area contributed by atoms with E-state index in [1.165, 1.54) is 6.20 Å². The molecule has 0 radical (unpaired) electrons. The van der Waals surface area contributed by atoms with Crippen molar-refractivity contribution in [3.05, 3.63) is 69.4 Å². The second-order valence-electron chi connectivity index (χ2n) is 4.30. The van der Waals surface area contributed by atoms with Crippen molar-refractivity contribution < 1.29 is 18.0 Å². The Hall–Kier alpha value is -2.37. The summed E-state index contributed by atoms with van der Waals surface area (Å²) in [5, 5.41) is 0. The summed E-state index contributed by atoms with van der Waals surface area (Å²) in [6.45, 7) is 1.21. The maximum absolute atomic E-state index is 13.0. The molecule has 1 aromatic heterocycles. The average Bonchev–Trinajstić information content (AvgIpc) is 2.40. The monoisotopic (exact) mass is 281 g/mol. The smallest absolute Gasteiger partial charge is 0.253 e. The summed E-state index contributed by atoms with van der Waals surface area (Å²) in [5.41, 5.74) is -0.254. The molecule has 1 heterocycles. The second-order valence-corrected chi connectivity index (χ2v) is 4.30. The first-order valence-corrected chi connectivity index (χ1v) is 5.74. The molecular formula is C14H10F3NO2. The Morgan fingerprint density at radius 1 is 1.20 bits per heavy atom. The highest BCUT2D eigenvalue weighted by atomic mass is 19.2. The zero-order chi connectivity index (χ0) is 14.9. The standard InChI is InChI=1S/C14H10F3NO2/c1-8-3-2-4-18(14(8)20)7-12(19)9-5-10(15)13(17)11(16)6-9/h2-6H,7H2,1H3. The third-order valence-corrected chi connectivity index (χ3v) is 2.83. The number of benzene rings is 1. The summed E-state index contributed by atoms with van der Waals surface area (Å²) in [6.07, 6.45) is 1.39. The molecule has 0 saturated heterocycles. The van der Waals surface area contributed by atoms with Crippen LogP contribution in [0.4, 0.5) is 13.2 Å². The Kier molecular flexibility index (Phi) is 3.74. The van der Waals surface area contributed by atoms with Gasteiger partial charge in [-0.05, 0) is 25.1 Å². The van der Waals surface area contributed by atoms with Crippen molar-refractivity contribution in [1.82, 2.24) is 4.57 Å². The molecule has 0 spiro atoms. The zero-order valence-electron chi connectivity index (χ0n) is 10.5. The van der Waals surface area contributed by atoms with E-state index in [0.29, 0.717) is 17.7 Å². The van der Waals surface area contributed by atoms with Crippen LogP contribution in [0.2, 0.25) is 0 Å². The number of Topliss-reactive ketones (excluding diaryl/α,β-unsaturated/α-hetero) is 1. The molecule has 0 atom stereocenters. The number of nitrogens with zero attached hydrogens (tertiary/aromatic N) is 1. The van der Waals surface area contributed by atoms with Crippen LogP contribution in [0.3, 0.4) is 0 Å². The van der Waals surface area contributed by atoms with Crippen molar-refractivity contribution in [3.8, 4) is 0 Å². The van der Waals surface area contributed by atoms with Gasteiger partial charge in [0.1, 0.15) is 0 Å². The number of hydrogen-bond acceptors (Lipinski definition) is 2. The summed E-state index contributed by atoms with van der Waals surface area (Å²) in [5.74, 6) is -5.19. The highest BCUT2D eigenvalue weighted by Crippen LogP contribution is 2.14. The quantitative estimate of drug-likeness (QED) is 0.640. The first-order chi connectivity index (χ1) is 9.40. The molecule has 104 valence electrons. The van der Waals surface area contributed by atoms with E-state index in [2.05, 4.69) is 0 Å². The average molecular weight is 281 g/mol. The minimum Gasteiger partial charge on any atom is -0.308 e. The van der Waals surface area contributed by atoms with Crippen molar-refractivity contribution in [3.63, 3.8) is 0 Å². The summed E-state index contributed by atoms with van der Waals surface area (Å²) in [7, 11) is 0. The van der Waals surface area contributed by atoms with Gasteiger partial charge in [-0.2, -0.15) is 0 Å². The number of hydrogen-bond donors (Lipinski definition) is 0. The minimum absolute atomic E-state index is 0.324. The summed E-state index contributed by atoms with van der Waals surface area (Å²) in [6, 6.07) is 4.39. The fourth-order valence-corrected chi connectivity index (χ4v) is 1.74. The largest absolute Gasteiger partial charge is 0.308 e. The Bertz CT molecular complexity index is 714. The predicted molar refractivity (Wildman–Crippen MR) is 66.1 cm³/mol. The lowest BCUT2D eigenvalue weighted by Gasteiger charge is -2.06. The van der Waals surface area contributed by atoms with Gasteiger partial charge >= 0.3 is 0 Å². The molecule has 0 aliphatic heterocycles. The number of aryl methyl sites for hydroxylation is 1. The van der Waals surface area contributed by atoms with E-state index in [1.54, 1.807) is 19.1 Å². The van der Waals surface area contributed by atoms with Crippen LogP contribution >= 0.6 is 0 Å². The molecule has 2 aromatic rings. The van der Waals surface area contributed by atoms with E-state index in [-0.39, 0.29) is 17.7 Å². The molecular weight excluding hydrogens is 271 g/mol.